The molecule has 0 N–H and O–H groups in total. The summed E-state index contributed by atoms with van der Waals surface area (Å²) in [5, 5.41) is 1.78. The van der Waals surface area contributed by atoms with E-state index in [1.807, 2.05) is 7.05 Å². The molecular weight excluding hydrogens is 126 g/mol. The van der Waals surface area contributed by atoms with Gasteiger partial charge >= 0.3 is 0 Å². The van der Waals surface area contributed by atoms with Gasteiger partial charge in [-0.2, -0.15) is 5.06 Å². The second-order valence-corrected chi connectivity index (χ2v) is 2.40. The number of nitrogens with zero attached hydrogens (tertiary/aromatic N) is 1. The monoisotopic (exact) mass is 144 g/mol. The summed E-state index contributed by atoms with van der Waals surface area (Å²) in [5.74, 6) is 0. The quantitative estimate of drug-likeness (QED) is 0.546. The van der Waals surface area contributed by atoms with Crippen molar-refractivity contribution in [3.05, 3.63) is 6.92 Å². The zero-order valence-electron chi connectivity index (χ0n) is 7.26. The van der Waals surface area contributed by atoms with Crippen molar-refractivity contribution >= 4 is 0 Å². The molecule has 0 aromatic carbocycles. The zero-order valence-corrected chi connectivity index (χ0v) is 7.26. The van der Waals surface area contributed by atoms with E-state index in [1.165, 1.54) is 0 Å². The molecule has 1 radical (unpaired) electrons. The van der Waals surface area contributed by atoms with E-state index in [1.54, 1.807) is 5.06 Å². The van der Waals surface area contributed by atoms with E-state index in [4.69, 9.17) is 4.84 Å². The van der Waals surface area contributed by atoms with Crippen molar-refractivity contribution in [2.24, 2.45) is 0 Å². The molecule has 0 aliphatic rings. The maximum atomic E-state index is 5.47. The molecule has 2 nitrogen and oxygen atoms in total. The van der Waals surface area contributed by atoms with Gasteiger partial charge < -0.3 is 0 Å². The number of hydrogen-bond acceptors (Lipinski definition) is 2. The van der Waals surface area contributed by atoms with Gasteiger partial charge in [0.2, 0.25) is 0 Å². The van der Waals surface area contributed by atoms with Crippen LogP contribution in [0.15, 0.2) is 0 Å². The first-order valence-corrected chi connectivity index (χ1v) is 3.91. The third-order valence-corrected chi connectivity index (χ3v) is 1.55. The molecule has 0 aromatic rings. The minimum Gasteiger partial charge on any atom is -0.296 e. The average molecular weight is 144 g/mol. The fraction of sp³-hybridized carbons (Fsp3) is 0.875. The van der Waals surface area contributed by atoms with Crippen molar-refractivity contribution in [3.63, 3.8) is 0 Å². The highest BCUT2D eigenvalue weighted by Gasteiger charge is 2.05. The van der Waals surface area contributed by atoms with E-state index in [9.17, 15) is 0 Å². The summed E-state index contributed by atoms with van der Waals surface area (Å²) >= 11 is 0. The van der Waals surface area contributed by atoms with E-state index in [-0.39, 0.29) is 0 Å². The van der Waals surface area contributed by atoms with Crippen molar-refractivity contribution in [2.75, 3.05) is 13.6 Å². The van der Waals surface area contributed by atoms with Crippen LogP contribution in [0, 0.1) is 6.92 Å². The van der Waals surface area contributed by atoms with Crippen molar-refractivity contribution in [3.8, 4) is 0 Å². The maximum absolute atomic E-state index is 5.47. The summed E-state index contributed by atoms with van der Waals surface area (Å²) in [6.45, 7) is 8.67. The summed E-state index contributed by atoms with van der Waals surface area (Å²) in [6, 6.07) is 0. The summed E-state index contributed by atoms with van der Waals surface area (Å²) in [6.07, 6.45) is 2.51. The molecule has 0 aliphatic heterocycles. The molecule has 0 amide bonds. The van der Waals surface area contributed by atoms with Gasteiger partial charge in [0.15, 0.2) is 0 Å². The lowest BCUT2D eigenvalue weighted by Gasteiger charge is -2.20. The third-order valence-electron chi connectivity index (χ3n) is 1.55. The van der Waals surface area contributed by atoms with Crippen LogP contribution in [0.5, 0.6) is 0 Å². The second kappa shape index (κ2) is 5.69. The predicted octanol–water partition coefficient (Wildman–Crippen LogP) is 1.87. The van der Waals surface area contributed by atoms with Crippen LogP contribution in [0.4, 0.5) is 0 Å². The number of rotatable bonds is 5. The minimum absolute atomic E-state index is 0.367. The Morgan fingerprint density at radius 1 is 1.40 bits per heavy atom. The van der Waals surface area contributed by atoms with Crippen LogP contribution < -0.4 is 0 Å². The molecule has 61 valence electrons. The SMILES string of the molecule is [CH2]CN(C)OC(CC)CC. The summed E-state index contributed by atoms with van der Waals surface area (Å²) in [5.41, 5.74) is 0. The van der Waals surface area contributed by atoms with Crippen LogP contribution in [0.2, 0.25) is 0 Å². The van der Waals surface area contributed by atoms with Crippen LogP contribution in [0.1, 0.15) is 26.7 Å². The van der Waals surface area contributed by atoms with Gasteiger partial charge in [-0.25, -0.2) is 0 Å². The van der Waals surface area contributed by atoms with E-state index >= 15 is 0 Å². The molecule has 0 unspecified atom stereocenters. The molecule has 0 saturated carbocycles. The summed E-state index contributed by atoms with van der Waals surface area (Å²) < 4.78 is 0. The summed E-state index contributed by atoms with van der Waals surface area (Å²) in [7, 11) is 1.91. The number of hydrogen-bond donors (Lipinski definition) is 0. The Bertz CT molecular complexity index is 71.7. The van der Waals surface area contributed by atoms with Gasteiger partial charge in [-0.1, -0.05) is 13.8 Å². The Morgan fingerprint density at radius 3 is 2.20 bits per heavy atom. The molecule has 0 fully saturated rings. The Morgan fingerprint density at radius 2 is 1.90 bits per heavy atom. The topological polar surface area (TPSA) is 12.5 Å². The van der Waals surface area contributed by atoms with Crippen molar-refractivity contribution < 1.29 is 4.84 Å². The normalized spacial score (nSPS) is 11.4. The lowest BCUT2D eigenvalue weighted by Crippen LogP contribution is -2.25. The molecule has 0 atom stereocenters. The van der Waals surface area contributed by atoms with Crippen LogP contribution >= 0.6 is 0 Å². The highest BCUT2D eigenvalue weighted by atomic mass is 16.7. The maximum Gasteiger partial charge on any atom is 0.0787 e. The van der Waals surface area contributed by atoms with Gasteiger partial charge in [-0.05, 0) is 19.8 Å². The molecule has 0 saturated heterocycles. The first kappa shape index (κ1) is 9.92. The van der Waals surface area contributed by atoms with Gasteiger partial charge in [-0.15, -0.1) is 0 Å². The van der Waals surface area contributed by atoms with Crippen LogP contribution in [0.25, 0.3) is 0 Å². The standard InChI is InChI=1S/C8H18NO/c1-5-8(6-2)10-9(4)7-3/h8H,3,5-7H2,1-2,4H3. The predicted molar refractivity (Wildman–Crippen MR) is 43.4 cm³/mol. The Labute approximate surface area is 64.1 Å². The van der Waals surface area contributed by atoms with Gasteiger partial charge in [0.25, 0.3) is 0 Å². The summed E-state index contributed by atoms with van der Waals surface area (Å²) in [4.78, 5) is 5.47. The third kappa shape index (κ3) is 3.85. The van der Waals surface area contributed by atoms with Crippen LogP contribution in [-0.2, 0) is 4.84 Å². The second-order valence-electron chi connectivity index (χ2n) is 2.40. The molecule has 0 bridgehead atoms. The average Bonchev–Trinajstić information content (AvgIpc) is 1.99. The molecule has 0 spiro atoms. The van der Waals surface area contributed by atoms with E-state index in [0.717, 1.165) is 12.8 Å². The molecule has 0 aromatic heterocycles. The highest BCUT2D eigenvalue weighted by molar-refractivity contribution is 4.50. The molecular formula is C8H18NO. The zero-order chi connectivity index (χ0) is 7.98. The Hall–Kier alpha value is -0.0800. The fourth-order valence-corrected chi connectivity index (χ4v) is 0.745. The van der Waals surface area contributed by atoms with Crippen molar-refractivity contribution in [1.29, 1.82) is 0 Å². The molecule has 10 heavy (non-hydrogen) atoms. The minimum atomic E-state index is 0.367. The molecule has 0 rings (SSSR count). The van der Waals surface area contributed by atoms with E-state index in [0.29, 0.717) is 12.6 Å². The van der Waals surface area contributed by atoms with Crippen LogP contribution in [-0.4, -0.2) is 24.8 Å². The van der Waals surface area contributed by atoms with Crippen molar-refractivity contribution in [2.45, 2.75) is 32.8 Å². The lowest BCUT2D eigenvalue weighted by atomic mass is 10.2. The van der Waals surface area contributed by atoms with Gasteiger partial charge in [0, 0.05) is 13.6 Å². The smallest absolute Gasteiger partial charge is 0.0787 e. The molecule has 2 heteroatoms. The van der Waals surface area contributed by atoms with E-state index in [2.05, 4.69) is 20.8 Å². The number of hydroxylamine groups is 2. The van der Waals surface area contributed by atoms with Crippen LogP contribution in [0.3, 0.4) is 0 Å². The van der Waals surface area contributed by atoms with Gasteiger partial charge in [0.05, 0.1) is 6.10 Å². The van der Waals surface area contributed by atoms with Gasteiger partial charge in [0.1, 0.15) is 0 Å². The van der Waals surface area contributed by atoms with Gasteiger partial charge in [-0.3, -0.25) is 4.84 Å². The highest BCUT2D eigenvalue weighted by Crippen LogP contribution is 2.03. The first-order valence-electron chi connectivity index (χ1n) is 3.91. The Balaban J connectivity index is 3.41. The van der Waals surface area contributed by atoms with Crippen molar-refractivity contribution in [1.82, 2.24) is 5.06 Å². The fourth-order valence-electron chi connectivity index (χ4n) is 0.745. The molecule has 0 aliphatic carbocycles. The van der Waals surface area contributed by atoms with E-state index < -0.39 is 0 Å². The molecule has 0 heterocycles. The Kier molecular flexibility index (Phi) is 5.64. The first-order chi connectivity index (χ1) is 4.74. The largest absolute Gasteiger partial charge is 0.296 e. The lowest BCUT2D eigenvalue weighted by molar-refractivity contribution is -0.176.